The molecule has 0 heterocycles. The molecule has 0 bridgehead atoms. The molecule has 0 aliphatic carbocycles. The van der Waals surface area contributed by atoms with Crippen LogP contribution in [0, 0.1) is 5.82 Å². The minimum absolute atomic E-state index is 0.000624. The number of phenolic OH excluding ortho intramolecular Hbond substituents is 1. The molecular formula is C27H20Cl3FN2OS. The standard InChI is InChI=1S/C27H20Cl3FN2OS/c28-23-11-9-19(14-24(23)29)17-33(16-18-5-4-6-21(34)13-18)27(35-22-7-2-1-3-8-22)32-20-10-12-26(31)25(30)15-20/h1-15,34H,16-17H2. The van der Waals surface area contributed by atoms with Crippen molar-refractivity contribution in [2.45, 2.75) is 18.0 Å². The van der Waals surface area contributed by atoms with Crippen molar-refractivity contribution in [3.05, 3.63) is 123 Å². The van der Waals surface area contributed by atoms with Crippen LogP contribution in [-0.4, -0.2) is 15.2 Å². The van der Waals surface area contributed by atoms with E-state index in [1.54, 1.807) is 30.3 Å². The number of amidine groups is 1. The molecule has 35 heavy (non-hydrogen) atoms. The molecule has 0 spiro atoms. The van der Waals surface area contributed by atoms with Gasteiger partial charge in [-0.1, -0.05) is 83.0 Å². The van der Waals surface area contributed by atoms with Crippen molar-refractivity contribution in [3.8, 4) is 5.75 Å². The van der Waals surface area contributed by atoms with E-state index in [0.29, 0.717) is 34.0 Å². The molecule has 0 saturated carbocycles. The second-order valence-corrected chi connectivity index (χ2v) is 9.94. The molecule has 0 aliphatic rings. The van der Waals surface area contributed by atoms with Gasteiger partial charge in [-0.15, -0.1) is 0 Å². The molecule has 0 fully saturated rings. The number of rotatable bonds is 6. The number of phenols is 1. The number of thioether (sulfide) groups is 1. The number of hydrogen-bond acceptors (Lipinski definition) is 3. The molecular weight excluding hydrogens is 526 g/mol. The first-order valence-corrected chi connectivity index (χ1v) is 12.6. The average Bonchev–Trinajstić information content (AvgIpc) is 2.84. The van der Waals surface area contributed by atoms with Crippen LogP contribution in [0.5, 0.6) is 5.75 Å². The highest BCUT2D eigenvalue weighted by molar-refractivity contribution is 8.13. The van der Waals surface area contributed by atoms with Gasteiger partial charge in [-0.2, -0.15) is 0 Å². The zero-order chi connectivity index (χ0) is 24.8. The smallest absolute Gasteiger partial charge is 0.169 e. The zero-order valence-electron chi connectivity index (χ0n) is 18.3. The van der Waals surface area contributed by atoms with Crippen molar-refractivity contribution in [1.82, 2.24) is 4.90 Å². The summed E-state index contributed by atoms with van der Waals surface area (Å²) in [6.45, 7) is 0.905. The Bertz CT molecular complexity index is 1350. The molecule has 4 aromatic rings. The third-order valence-corrected chi connectivity index (χ3v) is 7.06. The van der Waals surface area contributed by atoms with Crippen LogP contribution in [0.4, 0.5) is 10.1 Å². The van der Waals surface area contributed by atoms with Crippen LogP contribution in [0.25, 0.3) is 0 Å². The molecule has 8 heteroatoms. The van der Waals surface area contributed by atoms with Crippen molar-refractivity contribution >= 4 is 57.4 Å². The molecule has 0 aromatic heterocycles. The van der Waals surface area contributed by atoms with Gasteiger partial charge in [0.1, 0.15) is 11.6 Å². The maximum absolute atomic E-state index is 13.8. The van der Waals surface area contributed by atoms with Gasteiger partial charge in [0.2, 0.25) is 0 Å². The van der Waals surface area contributed by atoms with E-state index in [0.717, 1.165) is 16.0 Å². The molecule has 1 N–H and O–H groups in total. The largest absolute Gasteiger partial charge is 0.508 e. The summed E-state index contributed by atoms with van der Waals surface area (Å²) in [4.78, 5) is 7.88. The summed E-state index contributed by atoms with van der Waals surface area (Å²) in [7, 11) is 0. The predicted molar refractivity (Wildman–Crippen MR) is 145 cm³/mol. The number of aliphatic imine (C=N–C) groups is 1. The summed E-state index contributed by atoms with van der Waals surface area (Å²) < 4.78 is 13.8. The Morgan fingerprint density at radius 3 is 2.20 bits per heavy atom. The summed E-state index contributed by atoms with van der Waals surface area (Å²) in [5.74, 6) is -0.327. The lowest BCUT2D eigenvalue weighted by atomic mass is 10.1. The molecule has 4 aromatic carbocycles. The van der Waals surface area contributed by atoms with Crippen LogP contribution in [0.15, 0.2) is 101 Å². The van der Waals surface area contributed by atoms with Gasteiger partial charge in [0, 0.05) is 18.0 Å². The summed E-state index contributed by atoms with van der Waals surface area (Å²) >= 11 is 19.9. The first kappa shape index (κ1) is 25.4. The molecule has 0 unspecified atom stereocenters. The normalized spacial score (nSPS) is 11.5. The Labute approximate surface area is 222 Å². The van der Waals surface area contributed by atoms with Gasteiger partial charge in [-0.05, 0) is 65.7 Å². The summed E-state index contributed by atoms with van der Waals surface area (Å²) in [5, 5.41) is 11.6. The lowest BCUT2D eigenvalue weighted by molar-refractivity contribution is 0.412. The predicted octanol–water partition coefficient (Wildman–Crippen LogP) is 8.97. The summed E-state index contributed by atoms with van der Waals surface area (Å²) in [6, 6.07) is 26.7. The average molecular weight is 546 g/mol. The highest BCUT2D eigenvalue weighted by Crippen LogP contribution is 2.30. The summed E-state index contributed by atoms with van der Waals surface area (Å²) in [5.41, 5.74) is 2.34. The van der Waals surface area contributed by atoms with Gasteiger partial charge in [-0.25, -0.2) is 9.38 Å². The van der Waals surface area contributed by atoms with Gasteiger partial charge < -0.3 is 10.0 Å². The van der Waals surface area contributed by atoms with Crippen molar-refractivity contribution in [2.24, 2.45) is 4.99 Å². The fourth-order valence-electron chi connectivity index (χ4n) is 3.34. The third-order valence-electron chi connectivity index (χ3n) is 4.99. The maximum Gasteiger partial charge on any atom is 0.169 e. The van der Waals surface area contributed by atoms with E-state index in [-0.39, 0.29) is 10.8 Å². The van der Waals surface area contributed by atoms with E-state index < -0.39 is 5.82 Å². The molecule has 178 valence electrons. The van der Waals surface area contributed by atoms with E-state index >= 15 is 0 Å². The molecule has 0 saturated heterocycles. The summed E-state index contributed by atoms with van der Waals surface area (Å²) in [6.07, 6.45) is 0. The molecule has 0 atom stereocenters. The van der Waals surface area contributed by atoms with E-state index in [1.807, 2.05) is 48.5 Å². The molecule has 4 rings (SSSR count). The SMILES string of the molecule is Oc1cccc(CN(Cc2ccc(Cl)c(Cl)c2)C(=Nc2ccc(F)c(Cl)c2)Sc2ccccc2)c1. The van der Waals surface area contributed by atoms with Crippen LogP contribution >= 0.6 is 46.6 Å². The Morgan fingerprint density at radius 1 is 0.771 bits per heavy atom. The molecule has 0 aliphatic heterocycles. The van der Waals surface area contributed by atoms with Crippen LogP contribution in [-0.2, 0) is 13.1 Å². The number of halogens is 4. The second-order valence-electron chi connectivity index (χ2n) is 7.68. The third kappa shape index (κ3) is 7.15. The number of nitrogens with zero attached hydrogens (tertiary/aromatic N) is 2. The Balaban J connectivity index is 1.78. The first-order chi connectivity index (χ1) is 16.9. The van der Waals surface area contributed by atoms with E-state index in [1.165, 1.54) is 23.9 Å². The van der Waals surface area contributed by atoms with Crippen molar-refractivity contribution in [2.75, 3.05) is 0 Å². The van der Waals surface area contributed by atoms with E-state index in [2.05, 4.69) is 4.90 Å². The fraction of sp³-hybridized carbons (Fsp3) is 0.0741. The highest BCUT2D eigenvalue weighted by atomic mass is 35.5. The van der Waals surface area contributed by atoms with Gasteiger partial charge in [0.25, 0.3) is 0 Å². The first-order valence-electron chi connectivity index (χ1n) is 10.6. The van der Waals surface area contributed by atoms with E-state index in [4.69, 9.17) is 39.8 Å². The van der Waals surface area contributed by atoms with Crippen molar-refractivity contribution < 1.29 is 9.50 Å². The fourth-order valence-corrected chi connectivity index (χ4v) is 4.75. The minimum Gasteiger partial charge on any atom is -0.508 e. The van der Waals surface area contributed by atoms with Gasteiger partial charge in [-0.3, -0.25) is 0 Å². The lowest BCUT2D eigenvalue weighted by Crippen LogP contribution is -2.28. The molecule has 0 amide bonds. The van der Waals surface area contributed by atoms with Crippen LogP contribution in [0.3, 0.4) is 0 Å². The van der Waals surface area contributed by atoms with Gasteiger partial charge >= 0.3 is 0 Å². The molecule has 3 nitrogen and oxygen atoms in total. The second kappa shape index (κ2) is 11.8. The lowest BCUT2D eigenvalue weighted by Gasteiger charge is -2.26. The van der Waals surface area contributed by atoms with Crippen molar-refractivity contribution in [1.29, 1.82) is 0 Å². The van der Waals surface area contributed by atoms with Crippen LogP contribution in [0.2, 0.25) is 15.1 Å². The monoisotopic (exact) mass is 544 g/mol. The van der Waals surface area contributed by atoms with Gasteiger partial charge in [0.05, 0.1) is 20.8 Å². The van der Waals surface area contributed by atoms with Crippen LogP contribution in [0.1, 0.15) is 11.1 Å². The van der Waals surface area contributed by atoms with Crippen molar-refractivity contribution in [3.63, 3.8) is 0 Å². The number of hydrogen-bond donors (Lipinski definition) is 1. The number of benzene rings is 4. The van der Waals surface area contributed by atoms with Gasteiger partial charge in [0.15, 0.2) is 5.17 Å². The Morgan fingerprint density at radius 2 is 1.51 bits per heavy atom. The minimum atomic E-state index is -0.504. The quantitative estimate of drug-likeness (QED) is 0.149. The zero-order valence-corrected chi connectivity index (χ0v) is 21.4. The highest BCUT2D eigenvalue weighted by Gasteiger charge is 2.17. The van der Waals surface area contributed by atoms with E-state index in [9.17, 15) is 9.50 Å². The Kier molecular flexibility index (Phi) is 8.58. The number of aromatic hydroxyl groups is 1. The maximum atomic E-state index is 13.8. The topological polar surface area (TPSA) is 35.8 Å². The van der Waals surface area contributed by atoms with Crippen LogP contribution < -0.4 is 0 Å². The molecule has 0 radical (unpaired) electrons. The Hall–Kier alpha value is -2.70.